The van der Waals surface area contributed by atoms with Gasteiger partial charge in [-0.15, -0.1) is 0 Å². The highest BCUT2D eigenvalue weighted by Crippen LogP contribution is 2.25. The molecule has 7 nitrogen and oxygen atoms in total. The number of aromatic nitrogens is 2. The second-order valence-corrected chi connectivity index (χ2v) is 7.78. The van der Waals surface area contributed by atoms with Crippen molar-refractivity contribution in [1.82, 2.24) is 15.0 Å². The summed E-state index contributed by atoms with van der Waals surface area (Å²) in [7, 11) is 0. The van der Waals surface area contributed by atoms with Crippen LogP contribution in [-0.2, 0) is 4.79 Å². The molecule has 0 N–H and O–H groups in total. The standard InChI is InChI=1S/C26H23N3O4/c30-24(18-31-21-9-5-2-6-10-21)29-16-15-23(17-29)32-22-13-11-19(12-14-22)25-27-26(33-28-25)20-7-3-1-4-8-20/h1-14,23H,15-18H2. The quantitative estimate of drug-likeness (QED) is 0.421. The molecule has 166 valence electrons. The van der Waals surface area contributed by atoms with E-state index < -0.39 is 0 Å². The number of likely N-dealkylation sites (tertiary alicyclic amines) is 1. The van der Waals surface area contributed by atoms with Crippen LogP contribution in [-0.4, -0.2) is 46.7 Å². The number of rotatable bonds is 7. The lowest BCUT2D eigenvalue weighted by molar-refractivity contribution is -0.132. The van der Waals surface area contributed by atoms with Crippen LogP contribution in [0.3, 0.4) is 0 Å². The average Bonchev–Trinajstić information content (AvgIpc) is 3.55. The van der Waals surface area contributed by atoms with Crippen molar-refractivity contribution >= 4 is 5.91 Å². The van der Waals surface area contributed by atoms with Gasteiger partial charge in [0.1, 0.15) is 17.6 Å². The van der Waals surface area contributed by atoms with Crippen LogP contribution >= 0.6 is 0 Å². The van der Waals surface area contributed by atoms with Crippen LogP contribution < -0.4 is 9.47 Å². The van der Waals surface area contributed by atoms with Crippen molar-refractivity contribution < 1.29 is 18.8 Å². The summed E-state index contributed by atoms with van der Waals surface area (Å²) < 4.78 is 17.0. The molecule has 1 atom stereocenters. The normalized spacial score (nSPS) is 15.4. The number of carbonyl (C=O) groups excluding carboxylic acids is 1. The first-order chi connectivity index (χ1) is 16.2. The highest BCUT2D eigenvalue weighted by Gasteiger charge is 2.27. The van der Waals surface area contributed by atoms with Crippen molar-refractivity contribution in [3.8, 4) is 34.3 Å². The summed E-state index contributed by atoms with van der Waals surface area (Å²) in [6.45, 7) is 1.23. The number of hydrogen-bond donors (Lipinski definition) is 0. The van der Waals surface area contributed by atoms with Gasteiger partial charge in [0.25, 0.3) is 11.8 Å². The van der Waals surface area contributed by atoms with Crippen molar-refractivity contribution in [2.24, 2.45) is 0 Å². The molecule has 1 unspecified atom stereocenters. The first kappa shape index (κ1) is 20.8. The maximum Gasteiger partial charge on any atom is 0.260 e. The Morgan fingerprint density at radius 2 is 1.64 bits per heavy atom. The van der Waals surface area contributed by atoms with E-state index in [1.807, 2.05) is 84.9 Å². The molecule has 1 aromatic heterocycles. The highest BCUT2D eigenvalue weighted by atomic mass is 16.5. The number of amides is 1. The molecule has 0 aliphatic carbocycles. The van der Waals surface area contributed by atoms with E-state index >= 15 is 0 Å². The zero-order valence-electron chi connectivity index (χ0n) is 18.0. The maximum absolute atomic E-state index is 12.4. The van der Waals surface area contributed by atoms with Gasteiger partial charge in [-0.3, -0.25) is 4.79 Å². The topological polar surface area (TPSA) is 77.7 Å². The van der Waals surface area contributed by atoms with Gasteiger partial charge in [-0.25, -0.2) is 0 Å². The Morgan fingerprint density at radius 1 is 0.909 bits per heavy atom. The Balaban J connectivity index is 1.14. The number of nitrogens with zero attached hydrogens (tertiary/aromatic N) is 3. The molecular formula is C26H23N3O4. The third-order valence-corrected chi connectivity index (χ3v) is 5.47. The van der Waals surface area contributed by atoms with E-state index in [0.717, 1.165) is 23.3 Å². The summed E-state index contributed by atoms with van der Waals surface area (Å²) in [6, 6.07) is 26.6. The monoisotopic (exact) mass is 441 g/mol. The number of para-hydroxylation sites is 1. The molecule has 33 heavy (non-hydrogen) atoms. The second-order valence-electron chi connectivity index (χ2n) is 7.78. The van der Waals surface area contributed by atoms with Crippen LogP contribution in [0.5, 0.6) is 11.5 Å². The van der Waals surface area contributed by atoms with Crippen molar-refractivity contribution in [2.45, 2.75) is 12.5 Å². The van der Waals surface area contributed by atoms with Crippen LogP contribution in [0, 0.1) is 0 Å². The van der Waals surface area contributed by atoms with Crippen LogP contribution in [0.25, 0.3) is 22.8 Å². The lowest BCUT2D eigenvalue weighted by atomic mass is 10.2. The van der Waals surface area contributed by atoms with Crippen LogP contribution in [0.15, 0.2) is 89.5 Å². The predicted molar refractivity (Wildman–Crippen MR) is 123 cm³/mol. The average molecular weight is 441 g/mol. The molecule has 7 heteroatoms. The SMILES string of the molecule is O=C(COc1ccccc1)N1CCC(Oc2ccc(-c3noc(-c4ccccc4)n3)cc2)C1. The highest BCUT2D eigenvalue weighted by molar-refractivity contribution is 5.78. The largest absolute Gasteiger partial charge is 0.489 e. The minimum atomic E-state index is -0.0496. The molecular weight excluding hydrogens is 418 g/mol. The van der Waals surface area contributed by atoms with Gasteiger partial charge in [0.05, 0.1) is 6.54 Å². The Kier molecular flexibility index (Phi) is 6.01. The summed E-state index contributed by atoms with van der Waals surface area (Å²) in [4.78, 5) is 18.7. The molecule has 3 aromatic carbocycles. The van der Waals surface area contributed by atoms with Gasteiger partial charge < -0.3 is 18.9 Å². The van der Waals surface area contributed by atoms with Gasteiger partial charge in [-0.1, -0.05) is 41.6 Å². The predicted octanol–water partition coefficient (Wildman–Crippen LogP) is 4.46. The molecule has 5 rings (SSSR count). The second kappa shape index (κ2) is 9.56. The number of carbonyl (C=O) groups is 1. The van der Waals surface area contributed by atoms with Gasteiger partial charge in [-0.05, 0) is 48.5 Å². The summed E-state index contributed by atoms with van der Waals surface area (Å²) in [5, 5.41) is 4.08. The molecule has 4 aromatic rings. The minimum Gasteiger partial charge on any atom is -0.489 e. The Hall–Kier alpha value is -4.13. The van der Waals surface area contributed by atoms with Gasteiger partial charge in [-0.2, -0.15) is 4.98 Å². The molecule has 0 bridgehead atoms. The zero-order chi connectivity index (χ0) is 22.5. The Labute approximate surface area is 191 Å². The lowest BCUT2D eigenvalue weighted by Gasteiger charge is -2.17. The number of benzene rings is 3. The van der Waals surface area contributed by atoms with Crippen molar-refractivity contribution in [3.05, 3.63) is 84.9 Å². The third-order valence-electron chi connectivity index (χ3n) is 5.47. The van der Waals surface area contributed by atoms with E-state index in [9.17, 15) is 4.79 Å². The zero-order valence-corrected chi connectivity index (χ0v) is 18.0. The van der Waals surface area contributed by atoms with E-state index in [1.54, 1.807) is 4.90 Å². The molecule has 1 saturated heterocycles. The molecule has 1 aliphatic rings. The van der Waals surface area contributed by atoms with Crippen molar-refractivity contribution in [2.75, 3.05) is 19.7 Å². The third kappa shape index (κ3) is 5.03. The first-order valence-corrected chi connectivity index (χ1v) is 10.9. The summed E-state index contributed by atoms with van der Waals surface area (Å²) in [5.41, 5.74) is 1.72. The van der Waals surface area contributed by atoms with Crippen LogP contribution in [0.1, 0.15) is 6.42 Å². The maximum atomic E-state index is 12.4. The Bertz CT molecular complexity index is 1190. The van der Waals surface area contributed by atoms with Crippen LogP contribution in [0.4, 0.5) is 0 Å². The summed E-state index contributed by atoms with van der Waals surface area (Å²) in [6.07, 6.45) is 0.732. The fourth-order valence-electron chi connectivity index (χ4n) is 3.72. The fourth-order valence-corrected chi connectivity index (χ4v) is 3.72. The van der Waals surface area contributed by atoms with Gasteiger partial charge in [0.2, 0.25) is 5.82 Å². The van der Waals surface area contributed by atoms with Crippen LogP contribution in [0.2, 0.25) is 0 Å². The molecule has 0 saturated carbocycles. The Morgan fingerprint density at radius 3 is 2.39 bits per heavy atom. The summed E-state index contributed by atoms with van der Waals surface area (Å²) >= 11 is 0. The molecule has 1 fully saturated rings. The van der Waals surface area contributed by atoms with Gasteiger partial charge in [0, 0.05) is 24.1 Å². The van der Waals surface area contributed by atoms with E-state index in [-0.39, 0.29) is 18.6 Å². The number of ether oxygens (including phenoxy) is 2. The fraction of sp³-hybridized carbons (Fsp3) is 0.192. The summed E-state index contributed by atoms with van der Waals surface area (Å²) in [5.74, 6) is 2.40. The van der Waals surface area contributed by atoms with Crippen molar-refractivity contribution in [3.63, 3.8) is 0 Å². The van der Waals surface area contributed by atoms with Gasteiger partial charge in [0.15, 0.2) is 6.61 Å². The van der Waals surface area contributed by atoms with Crippen molar-refractivity contribution in [1.29, 1.82) is 0 Å². The first-order valence-electron chi connectivity index (χ1n) is 10.9. The van der Waals surface area contributed by atoms with E-state index in [0.29, 0.717) is 30.6 Å². The minimum absolute atomic E-state index is 0.0289. The molecule has 1 aliphatic heterocycles. The van der Waals surface area contributed by atoms with E-state index in [4.69, 9.17) is 14.0 Å². The molecule has 0 spiro atoms. The molecule has 2 heterocycles. The van der Waals surface area contributed by atoms with Gasteiger partial charge >= 0.3 is 0 Å². The molecule has 1 amide bonds. The molecule has 0 radical (unpaired) electrons. The lowest BCUT2D eigenvalue weighted by Crippen LogP contribution is -2.34. The van der Waals surface area contributed by atoms with E-state index in [1.165, 1.54) is 0 Å². The smallest absolute Gasteiger partial charge is 0.260 e. The number of hydrogen-bond acceptors (Lipinski definition) is 6. The van der Waals surface area contributed by atoms with E-state index in [2.05, 4.69) is 10.1 Å².